The number of fused-ring (bicyclic) bond motifs is 1. The van der Waals surface area contributed by atoms with Crippen molar-refractivity contribution in [3.63, 3.8) is 0 Å². The fraction of sp³-hybridized carbons (Fsp3) is 0.200. The molecule has 0 radical (unpaired) electrons. The van der Waals surface area contributed by atoms with Crippen LogP contribution in [0.25, 0.3) is 10.2 Å². The smallest absolute Gasteiger partial charge is 0.141 e. The molecule has 1 atom stereocenters. The molecule has 0 saturated carbocycles. The Balaban J connectivity index is 1.90. The number of thiazole rings is 1. The van der Waals surface area contributed by atoms with Gasteiger partial charge in [-0.25, -0.2) is 9.37 Å². The summed E-state index contributed by atoms with van der Waals surface area (Å²) >= 11 is 1.63. The van der Waals surface area contributed by atoms with Gasteiger partial charge in [-0.15, -0.1) is 11.3 Å². The molecule has 5 heteroatoms. The van der Waals surface area contributed by atoms with Gasteiger partial charge >= 0.3 is 0 Å². The Hall–Kier alpha value is -1.85. The number of benzene rings is 1. The lowest BCUT2D eigenvalue weighted by atomic mass is 9.95. The molecular weight excluding hydrogens is 273 g/mol. The normalized spacial score (nSPS) is 14.3. The van der Waals surface area contributed by atoms with E-state index in [0.29, 0.717) is 12.1 Å². The predicted molar refractivity (Wildman–Crippen MR) is 79.1 cm³/mol. The van der Waals surface area contributed by atoms with Crippen LogP contribution in [-0.2, 0) is 12.0 Å². The molecule has 1 unspecified atom stereocenters. The second-order valence-corrected chi connectivity index (χ2v) is 6.15. The van der Waals surface area contributed by atoms with Crippen molar-refractivity contribution in [2.75, 3.05) is 0 Å². The van der Waals surface area contributed by atoms with E-state index in [9.17, 15) is 4.39 Å². The van der Waals surface area contributed by atoms with E-state index in [2.05, 4.69) is 9.97 Å². The molecule has 0 spiro atoms. The summed E-state index contributed by atoms with van der Waals surface area (Å²) in [6, 6.07) is 11.0. The van der Waals surface area contributed by atoms with Gasteiger partial charge in [-0.2, -0.15) is 0 Å². The van der Waals surface area contributed by atoms with Gasteiger partial charge in [0.2, 0.25) is 0 Å². The lowest BCUT2D eigenvalue weighted by molar-refractivity contribution is 0.472. The number of pyridine rings is 1. The van der Waals surface area contributed by atoms with Gasteiger partial charge in [0.25, 0.3) is 0 Å². The fourth-order valence-corrected chi connectivity index (χ4v) is 3.25. The number of hydrogen-bond donors (Lipinski definition) is 1. The Bertz CT molecular complexity index is 701. The predicted octanol–water partition coefficient (Wildman–Crippen LogP) is 3.25. The Labute approximate surface area is 120 Å². The van der Waals surface area contributed by atoms with Gasteiger partial charge in [0.1, 0.15) is 5.82 Å². The minimum atomic E-state index is -0.665. The summed E-state index contributed by atoms with van der Waals surface area (Å²) in [5, 5.41) is 0.960. The van der Waals surface area contributed by atoms with Gasteiger partial charge in [-0.1, -0.05) is 12.1 Å². The van der Waals surface area contributed by atoms with Crippen LogP contribution < -0.4 is 5.73 Å². The summed E-state index contributed by atoms with van der Waals surface area (Å²) in [4.78, 5) is 8.65. The summed E-state index contributed by atoms with van der Waals surface area (Å²) in [5.74, 6) is -0.357. The standard InChI is InChI=1S/C15H14FN3S/c1-15(17,13-7-6-10(16)9-18-13)8-14-19-11-4-2-3-5-12(11)20-14/h2-7,9H,8,17H2,1H3. The first kappa shape index (κ1) is 13.1. The average Bonchev–Trinajstić information content (AvgIpc) is 2.80. The molecule has 2 aromatic heterocycles. The summed E-state index contributed by atoms with van der Waals surface area (Å²) in [6.07, 6.45) is 1.77. The van der Waals surface area contributed by atoms with Gasteiger partial charge in [0, 0.05) is 6.42 Å². The molecule has 1 aromatic carbocycles. The third kappa shape index (κ3) is 2.55. The van der Waals surface area contributed by atoms with Crippen LogP contribution in [0.4, 0.5) is 4.39 Å². The molecular formula is C15H14FN3S. The lowest BCUT2D eigenvalue weighted by Crippen LogP contribution is -2.36. The lowest BCUT2D eigenvalue weighted by Gasteiger charge is -2.22. The second kappa shape index (κ2) is 4.92. The molecule has 0 bridgehead atoms. The first-order valence-electron chi connectivity index (χ1n) is 6.30. The molecule has 0 aliphatic rings. The highest BCUT2D eigenvalue weighted by Crippen LogP contribution is 2.27. The van der Waals surface area contributed by atoms with Gasteiger partial charge in [-0.3, -0.25) is 4.98 Å². The maximum atomic E-state index is 12.9. The third-order valence-electron chi connectivity index (χ3n) is 3.17. The maximum Gasteiger partial charge on any atom is 0.141 e. The van der Waals surface area contributed by atoms with E-state index in [1.807, 2.05) is 31.2 Å². The van der Waals surface area contributed by atoms with Crippen molar-refractivity contribution in [2.45, 2.75) is 18.9 Å². The molecule has 20 heavy (non-hydrogen) atoms. The fourth-order valence-electron chi connectivity index (χ4n) is 2.11. The van der Waals surface area contributed by atoms with Crippen molar-refractivity contribution in [1.82, 2.24) is 9.97 Å². The van der Waals surface area contributed by atoms with Gasteiger partial charge < -0.3 is 5.73 Å². The van der Waals surface area contributed by atoms with Crippen molar-refractivity contribution >= 4 is 21.6 Å². The van der Waals surface area contributed by atoms with Gasteiger partial charge in [-0.05, 0) is 31.2 Å². The van der Waals surface area contributed by atoms with Crippen LogP contribution in [0.3, 0.4) is 0 Å². The average molecular weight is 287 g/mol. The van der Waals surface area contributed by atoms with Gasteiger partial charge in [0.05, 0.1) is 32.7 Å². The third-order valence-corrected chi connectivity index (χ3v) is 4.21. The number of aromatic nitrogens is 2. The van der Waals surface area contributed by atoms with E-state index in [1.165, 1.54) is 12.3 Å². The van der Waals surface area contributed by atoms with Crippen LogP contribution in [0.2, 0.25) is 0 Å². The van der Waals surface area contributed by atoms with Crippen molar-refractivity contribution in [2.24, 2.45) is 5.73 Å². The number of para-hydroxylation sites is 1. The number of nitrogens with two attached hydrogens (primary N) is 1. The highest BCUT2D eigenvalue weighted by atomic mass is 32.1. The molecule has 0 fully saturated rings. The first-order chi connectivity index (χ1) is 9.54. The van der Waals surface area contributed by atoms with Gasteiger partial charge in [0.15, 0.2) is 0 Å². The van der Waals surface area contributed by atoms with E-state index >= 15 is 0 Å². The van der Waals surface area contributed by atoms with E-state index in [0.717, 1.165) is 15.2 Å². The number of rotatable bonds is 3. The highest BCUT2D eigenvalue weighted by Gasteiger charge is 2.25. The Morgan fingerprint density at radius 2 is 2.05 bits per heavy atom. The first-order valence-corrected chi connectivity index (χ1v) is 7.12. The molecule has 2 N–H and O–H groups in total. The molecule has 3 aromatic rings. The molecule has 3 nitrogen and oxygen atoms in total. The Morgan fingerprint density at radius 3 is 2.75 bits per heavy atom. The Morgan fingerprint density at radius 1 is 1.25 bits per heavy atom. The van der Waals surface area contributed by atoms with Crippen molar-refractivity contribution in [3.05, 3.63) is 59.1 Å². The summed E-state index contributed by atoms with van der Waals surface area (Å²) < 4.78 is 14.1. The van der Waals surface area contributed by atoms with E-state index < -0.39 is 5.54 Å². The zero-order valence-corrected chi connectivity index (χ0v) is 11.8. The zero-order valence-electron chi connectivity index (χ0n) is 11.0. The molecule has 102 valence electrons. The molecule has 0 aliphatic carbocycles. The van der Waals surface area contributed by atoms with Crippen molar-refractivity contribution in [3.8, 4) is 0 Å². The molecule has 0 amide bonds. The molecule has 0 aliphatic heterocycles. The monoisotopic (exact) mass is 287 g/mol. The quantitative estimate of drug-likeness (QED) is 0.804. The van der Waals surface area contributed by atoms with E-state index in [1.54, 1.807) is 17.4 Å². The van der Waals surface area contributed by atoms with Crippen LogP contribution in [0.1, 0.15) is 17.6 Å². The van der Waals surface area contributed by atoms with Crippen LogP contribution in [-0.4, -0.2) is 9.97 Å². The Kier molecular flexibility index (Phi) is 3.23. The second-order valence-electron chi connectivity index (χ2n) is 5.03. The molecule has 2 heterocycles. The minimum absolute atomic E-state index is 0.357. The molecule has 0 saturated heterocycles. The van der Waals surface area contributed by atoms with Crippen LogP contribution >= 0.6 is 11.3 Å². The summed E-state index contributed by atoms with van der Waals surface area (Å²) in [7, 11) is 0. The molecule has 3 rings (SSSR count). The van der Waals surface area contributed by atoms with Crippen molar-refractivity contribution < 1.29 is 4.39 Å². The van der Waals surface area contributed by atoms with Crippen LogP contribution in [0.15, 0.2) is 42.6 Å². The summed E-state index contributed by atoms with van der Waals surface area (Å²) in [5.41, 5.74) is 7.31. The zero-order chi connectivity index (χ0) is 14.2. The number of halogens is 1. The maximum absolute atomic E-state index is 12.9. The number of nitrogens with zero attached hydrogens (tertiary/aromatic N) is 2. The topological polar surface area (TPSA) is 51.8 Å². The largest absolute Gasteiger partial charge is 0.320 e. The SMILES string of the molecule is CC(N)(Cc1nc2ccccc2s1)c1ccc(F)cn1. The number of hydrogen-bond acceptors (Lipinski definition) is 4. The highest BCUT2D eigenvalue weighted by molar-refractivity contribution is 7.18. The van der Waals surface area contributed by atoms with E-state index in [4.69, 9.17) is 5.73 Å². The minimum Gasteiger partial charge on any atom is -0.320 e. The van der Waals surface area contributed by atoms with E-state index in [-0.39, 0.29) is 5.82 Å². The van der Waals surface area contributed by atoms with Crippen LogP contribution in [0, 0.1) is 5.82 Å². The summed E-state index contributed by atoms with van der Waals surface area (Å²) in [6.45, 7) is 1.89. The van der Waals surface area contributed by atoms with Crippen molar-refractivity contribution in [1.29, 1.82) is 0 Å². The van der Waals surface area contributed by atoms with Crippen LogP contribution in [0.5, 0.6) is 0 Å².